The van der Waals surface area contributed by atoms with Gasteiger partial charge in [0, 0.05) is 25.1 Å². The zero-order valence-corrected chi connectivity index (χ0v) is 9.65. The molecule has 1 fully saturated rings. The van der Waals surface area contributed by atoms with Gasteiger partial charge in [-0.25, -0.2) is 4.79 Å². The first kappa shape index (κ1) is 12.1. The summed E-state index contributed by atoms with van der Waals surface area (Å²) in [6, 6.07) is 6.91. The minimum absolute atomic E-state index is 0.0877. The Hall–Kier alpha value is -1.39. The maximum atomic E-state index is 10.8. The van der Waals surface area contributed by atoms with Crippen LogP contribution in [0.4, 0.5) is 0 Å². The minimum Gasteiger partial charge on any atom is -0.478 e. The van der Waals surface area contributed by atoms with Gasteiger partial charge < -0.3 is 15.5 Å². The number of carbonyl (C=O) groups is 1. The predicted molar refractivity (Wildman–Crippen MR) is 63.9 cm³/mol. The summed E-state index contributed by atoms with van der Waals surface area (Å²) in [4.78, 5) is 10.8. The maximum absolute atomic E-state index is 10.8. The van der Waals surface area contributed by atoms with Crippen molar-refractivity contribution in [3.05, 3.63) is 35.4 Å². The molecule has 0 aliphatic heterocycles. The summed E-state index contributed by atoms with van der Waals surface area (Å²) in [6.07, 6.45) is 2.15. The smallest absolute Gasteiger partial charge is 0.335 e. The molecule has 0 radical (unpaired) electrons. The molecule has 0 spiro atoms. The molecule has 1 aromatic carbocycles. The lowest BCUT2D eigenvalue weighted by Gasteiger charge is -2.12. The molecule has 1 aliphatic rings. The Morgan fingerprint density at radius 3 is 2.76 bits per heavy atom. The SMILES string of the molecule is O=C(O)c1cccc(CNCC2(CO)CC2)c1. The molecule has 0 bridgehead atoms. The fourth-order valence-corrected chi connectivity index (χ4v) is 1.85. The summed E-state index contributed by atoms with van der Waals surface area (Å²) in [7, 11) is 0. The van der Waals surface area contributed by atoms with Crippen LogP contribution in [0.3, 0.4) is 0 Å². The number of rotatable bonds is 6. The van der Waals surface area contributed by atoms with Crippen LogP contribution in [0.25, 0.3) is 0 Å². The van der Waals surface area contributed by atoms with Gasteiger partial charge in [0.15, 0.2) is 0 Å². The first-order valence-electron chi connectivity index (χ1n) is 5.79. The molecule has 17 heavy (non-hydrogen) atoms. The molecule has 3 N–H and O–H groups in total. The largest absolute Gasteiger partial charge is 0.478 e. The van der Waals surface area contributed by atoms with Crippen molar-refractivity contribution in [2.24, 2.45) is 5.41 Å². The highest BCUT2D eigenvalue weighted by molar-refractivity contribution is 5.87. The van der Waals surface area contributed by atoms with Crippen LogP contribution in [0.15, 0.2) is 24.3 Å². The molecular weight excluding hydrogens is 218 g/mol. The van der Waals surface area contributed by atoms with Gasteiger partial charge in [-0.3, -0.25) is 0 Å². The Labute approximate surface area is 100 Å². The highest BCUT2D eigenvalue weighted by Crippen LogP contribution is 2.44. The first-order valence-corrected chi connectivity index (χ1v) is 5.79. The van der Waals surface area contributed by atoms with Gasteiger partial charge in [-0.1, -0.05) is 12.1 Å². The average molecular weight is 235 g/mol. The van der Waals surface area contributed by atoms with E-state index in [0.29, 0.717) is 12.1 Å². The monoisotopic (exact) mass is 235 g/mol. The van der Waals surface area contributed by atoms with E-state index in [9.17, 15) is 4.79 Å². The molecule has 92 valence electrons. The first-order chi connectivity index (χ1) is 8.15. The summed E-state index contributed by atoms with van der Waals surface area (Å²) < 4.78 is 0. The summed E-state index contributed by atoms with van der Waals surface area (Å²) >= 11 is 0. The molecule has 4 heteroatoms. The van der Waals surface area contributed by atoms with Gasteiger partial charge in [0.2, 0.25) is 0 Å². The lowest BCUT2D eigenvalue weighted by atomic mass is 10.1. The van der Waals surface area contributed by atoms with E-state index in [1.807, 2.05) is 6.07 Å². The third kappa shape index (κ3) is 3.05. The highest BCUT2D eigenvalue weighted by atomic mass is 16.4. The van der Waals surface area contributed by atoms with E-state index in [-0.39, 0.29) is 12.0 Å². The van der Waals surface area contributed by atoms with Crippen molar-refractivity contribution in [1.82, 2.24) is 5.32 Å². The van der Waals surface area contributed by atoms with E-state index in [1.165, 1.54) is 0 Å². The average Bonchev–Trinajstić information content (AvgIpc) is 3.10. The summed E-state index contributed by atoms with van der Waals surface area (Å²) in [5.41, 5.74) is 1.36. The Morgan fingerprint density at radius 2 is 2.18 bits per heavy atom. The predicted octanol–water partition coefficient (Wildman–Crippen LogP) is 1.25. The Balaban J connectivity index is 1.86. The standard InChI is InChI=1S/C13H17NO3/c15-9-13(4-5-13)8-14-7-10-2-1-3-11(6-10)12(16)17/h1-3,6,14-15H,4-5,7-9H2,(H,16,17). The van der Waals surface area contributed by atoms with E-state index in [4.69, 9.17) is 10.2 Å². The van der Waals surface area contributed by atoms with Crippen LogP contribution in [0.2, 0.25) is 0 Å². The van der Waals surface area contributed by atoms with Gasteiger partial charge in [-0.2, -0.15) is 0 Å². The lowest BCUT2D eigenvalue weighted by Crippen LogP contribution is -2.26. The molecule has 2 rings (SSSR count). The number of carboxylic acids is 1. The van der Waals surface area contributed by atoms with Crippen LogP contribution in [-0.4, -0.2) is 29.3 Å². The second-order valence-corrected chi connectivity index (χ2v) is 4.77. The fourth-order valence-electron chi connectivity index (χ4n) is 1.85. The zero-order chi connectivity index (χ0) is 12.3. The Morgan fingerprint density at radius 1 is 1.41 bits per heavy atom. The molecule has 0 aromatic heterocycles. The highest BCUT2D eigenvalue weighted by Gasteiger charge is 2.41. The fraction of sp³-hybridized carbons (Fsp3) is 0.462. The second-order valence-electron chi connectivity index (χ2n) is 4.77. The van der Waals surface area contributed by atoms with Crippen molar-refractivity contribution in [2.75, 3.05) is 13.2 Å². The van der Waals surface area contributed by atoms with E-state index in [2.05, 4.69) is 5.32 Å². The summed E-state index contributed by atoms with van der Waals surface area (Å²) in [5.74, 6) is -0.902. The van der Waals surface area contributed by atoms with Crippen LogP contribution in [0.5, 0.6) is 0 Å². The van der Waals surface area contributed by atoms with E-state index in [1.54, 1.807) is 18.2 Å². The maximum Gasteiger partial charge on any atom is 0.335 e. The van der Waals surface area contributed by atoms with Gasteiger partial charge >= 0.3 is 5.97 Å². The van der Waals surface area contributed by atoms with Crippen LogP contribution < -0.4 is 5.32 Å². The topological polar surface area (TPSA) is 69.6 Å². The molecule has 0 unspecified atom stereocenters. The normalized spacial score (nSPS) is 16.8. The van der Waals surface area contributed by atoms with Gasteiger partial charge in [-0.05, 0) is 30.5 Å². The van der Waals surface area contributed by atoms with E-state index >= 15 is 0 Å². The van der Waals surface area contributed by atoms with Gasteiger partial charge in [0.1, 0.15) is 0 Å². The van der Waals surface area contributed by atoms with Crippen molar-refractivity contribution >= 4 is 5.97 Å². The van der Waals surface area contributed by atoms with Crippen molar-refractivity contribution in [1.29, 1.82) is 0 Å². The number of carboxylic acid groups (broad SMARTS) is 1. The quantitative estimate of drug-likeness (QED) is 0.694. The van der Waals surface area contributed by atoms with Crippen molar-refractivity contribution < 1.29 is 15.0 Å². The molecule has 0 atom stereocenters. The number of nitrogens with one attached hydrogen (secondary N) is 1. The number of hydrogen-bond donors (Lipinski definition) is 3. The summed E-state index contributed by atoms with van der Waals surface area (Å²) in [6.45, 7) is 1.67. The van der Waals surface area contributed by atoms with Crippen LogP contribution in [0.1, 0.15) is 28.8 Å². The molecule has 4 nitrogen and oxygen atoms in total. The number of aliphatic hydroxyl groups excluding tert-OH is 1. The number of aromatic carboxylic acids is 1. The van der Waals surface area contributed by atoms with Crippen molar-refractivity contribution in [2.45, 2.75) is 19.4 Å². The van der Waals surface area contributed by atoms with Crippen LogP contribution in [-0.2, 0) is 6.54 Å². The van der Waals surface area contributed by atoms with Crippen molar-refractivity contribution in [3.63, 3.8) is 0 Å². The third-order valence-electron chi connectivity index (χ3n) is 3.30. The molecule has 1 aliphatic carbocycles. The molecule has 1 saturated carbocycles. The minimum atomic E-state index is -0.902. The third-order valence-corrected chi connectivity index (χ3v) is 3.30. The van der Waals surface area contributed by atoms with Crippen LogP contribution in [0, 0.1) is 5.41 Å². The number of hydrogen-bond acceptors (Lipinski definition) is 3. The van der Waals surface area contributed by atoms with Crippen molar-refractivity contribution in [3.8, 4) is 0 Å². The molecule has 0 saturated heterocycles. The molecule has 0 amide bonds. The molecule has 0 heterocycles. The lowest BCUT2D eigenvalue weighted by molar-refractivity contribution is 0.0696. The number of benzene rings is 1. The zero-order valence-electron chi connectivity index (χ0n) is 9.65. The second kappa shape index (κ2) is 4.85. The Bertz CT molecular complexity index is 413. The van der Waals surface area contributed by atoms with Gasteiger partial charge in [0.05, 0.1) is 5.56 Å². The molecule has 1 aromatic rings. The van der Waals surface area contributed by atoms with Gasteiger partial charge in [0.25, 0.3) is 0 Å². The summed E-state index contributed by atoms with van der Waals surface area (Å²) in [5, 5.41) is 21.3. The molecular formula is C13H17NO3. The Kier molecular flexibility index (Phi) is 3.45. The van der Waals surface area contributed by atoms with Gasteiger partial charge in [-0.15, -0.1) is 0 Å². The van der Waals surface area contributed by atoms with E-state index < -0.39 is 5.97 Å². The number of aliphatic hydroxyl groups is 1. The van der Waals surface area contributed by atoms with Crippen LogP contribution >= 0.6 is 0 Å². The van der Waals surface area contributed by atoms with E-state index in [0.717, 1.165) is 24.9 Å².